The average Bonchev–Trinajstić information content (AvgIpc) is 2.80. The van der Waals surface area contributed by atoms with Gasteiger partial charge in [-0.2, -0.15) is 0 Å². The van der Waals surface area contributed by atoms with Gasteiger partial charge in [-0.15, -0.1) is 0 Å². The molecule has 0 atom stereocenters. The lowest BCUT2D eigenvalue weighted by molar-refractivity contribution is 0.0994. The van der Waals surface area contributed by atoms with E-state index in [1.807, 2.05) is 24.3 Å². The van der Waals surface area contributed by atoms with Gasteiger partial charge in [-0.1, -0.05) is 19.1 Å². The molecule has 0 bridgehead atoms. The minimum Gasteiger partial charge on any atom is -0.436 e. The fourth-order valence-electron chi connectivity index (χ4n) is 2.05. The molecule has 0 unspecified atom stereocenters. The Balaban J connectivity index is 1.96. The van der Waals surface area contributed by atoms with Gasteiger partial charge < -0.3 is 15.1 Å². The van der Waals surface area contributed by atoms with Crippen LogP contribution in [-0.4, -0.2) is 17.4 Å². The zero-order valence-corrected chi connectivity index (χ0v) is 12.7. The van der Waals surface area contributed by atoms with Crippen molar-refractivity contribution in [2.75, 3.05) is 11.9 Å². The Morgan fingerprint density at radius 1 is 1.24 bits per heavy atom. The second-order valence-corrected chi connectivity index (χ2v) is 4.98. The fourth-order valence-corrected chi connectivity index (χ4v) is 2.05. The highest BCUT2D eigenvalue weighted by atomic mass is 16.4. The van der Waals surface area contributed by atoms with Gasteiger partial charge in [0, 0.05) is 19.2 Å². The summed E-state index contributed by atoms with van der Waals surface area (Å²) in [5, 5.41) is 6.15. The van der Waals surface area contributed by atoms with Crippen molar-refractivity contribution < 1.29 is 9.21 Å². The minimum atomic E-state index is -0.273. The first-order valence-corrected chi connectivity index (χ1v) is 7.15. The number of oxazole rings is 1. The van der Waals surface area contributed by atoms with E-state index in [1.54, 1.807) is 13.8 Å². The van der Waals surface area contributed by atoms with Crippen LogP contribution in [0.3, 0.4) is 0 Å². The molecule has 21 heavy (non-hydrogen) atoms. The summed E-state index contributed by atoms with van der Waals surface area (Å²) in [6.45, 7) is 7.46. The maximum atomic E-state index is 12.1. The highest BCUT2D eigenvalue weighted by Crippen LogP contribution is 2.14. The van der Waals surface area contributed by atoms with E-state index < -0.39 is 0 Å². The molecule has 0 aliphatic rings. The SMILES string of the molecule is CCCNCc1ccc(NC(=O)c2oc(C)nc2C)cc1. The van der Waals surface area contributed by atoms with Gasteiger partial charge in [-0.3, -0.25) is 4.79 Å². The van der Waals surface area contributed by atoms with Crippen molar-refractivity contribution in [1.82, 2.24) is 10.3 Å². The Morgan fingerprint density at radius 2 is 1.95 bits per heavy atom. The van der Waals surface area contributed by atoms with Gasteiger partial charge in [-0.05, 0) is 37.6 Å². The number of amides is 1. The Bertz CT molecular complexity index is 602. The van der Waals surface area contributed by atoms with E-state index in [2.05, 4.69) is 22.5 Å². The first-order chi connectivity index (χ1) is 10.1. The number of carbonyl (C=O) groups is 1. The van der Waals surface area contributed by atoms with Crippen LogP contribution in [0.4, 0.5) is 5.69 Å². The third-order valence-corrected chi connectivity index (χ3v) is 3.08. The molecule has 0 aliphatic heterocycles. The summed E-state index contributed by atoms with van der Waals surface area (Å²) >= 11 is 0. The van der Waals surface area contributed by atoms with E-state index in [4.69, 9.17) is 4.42 Å². The minimum absolute atomic E-state index is 0.265. The summed E-state index contributed by atoms with van der Waals surface area (Å²) in [7, 11) is 0. The summed E-state index contributed by atoms with van der Waals surface area (Å²) in [6.07, 6.45) is 1.12. The van der Waals surface area contributed by atoms with Crippen LogP contribution in [0.1, 0.15) is 41.0 Å². The van der Waals surface area contributed by atoms with Crippen molar-refractivity contribution in [1.29, 1.82) is 0 Å². The van der Waals surface area contributed by atoms with Crippen LogP contribution in [0.2, 0.25) is 0 Å². The highest BCUT2D eigenvalue weighted by Gasteiger charge is 2.15. The molecular formula is C16H21N3O2. The fraction of sp³-hybridized carbons (Fsp3) is 0.375. The zero-order chi connectivity index (χ0) is 15.2. The number of carbonyl (C=O) groups excluding carboxylic acids is 1. The maximum absolute atomic E-state index is 12.1. The van der Waals surface area contributed by atoms with E-state index in [9.17, 15) is 4.79 Å². The van der Waals surface area contributed by atoms with Crippen molar-refractivity contribution in [3.63, 3.8) is 0 Å². The number of nitrogens with zero attached hydrogens (tertiary/aromatic N) is 1. The third-order valence-electron chi connectivity index (χ3n) is 3.08. The van der Waals surface area contributed by atoms with Crippen LogP contribution in [-0.2, 0) is 6.54 Å². The molecule has 1 amide bonds. The Labute approximate surface area is 124 Å². The highest BCUT2D eigenvalue weighted by molar-refractivity contribution is 6.02. The second-order valence-electron chi connectivity index (χ2n) is 4.98. The summed E-state index contributed by atoms with van der Waals surface area (Å²) in [5.74, 6) is 0.487. The number of hydrogen-bond acceptors (Lipinski definition) is 4. The molecule has 2 rings (SSSR count). The average molecular weight is 287 g/mol. The second kappa shape index (κ2) is 7.04. The van der Waals surface area contributed by atoms with Gasteiger partial charge in [-0.25, -0.2) is 4.98 Å². The molecule has 2 aromatic rings. The molecule has 0 radical (unpaired) electrons. The standard InChI is InChI=1S/C16H21N3O2/c1-4-9-17-10-13-5-7-14(8-6-13)19-16(20)15-11(2)18-12(3)21-15/h5-8,17H,4,9-10H2,1-3H3,(H,19,20). The largest absolute Gasteiger partial charge is 0.436 e. The van der Waals surface area contributed by atoms with E-state index in [0.29, 0.717) is 11.6 Å². The molecule has 1 aromatic carbocycles. The van der Waals surface area contributed by atoms with Gasteiger partial charge in [0.25, 0.3) is 5.91 Å². The lowest BCUT2D eigenvalue weighted by atomic mass is 10.2. The molecule has 0 aliphatic carbocycles. The molecule has 2 N–H and O–H groups in total. The Morgan fingerprint density at radius 3 is 2.52 bits per heavy atom. The van der Waals surface area contributed by atoms with Crippen LogP contribution in [0, 0.1) is 13.8 Å². The van der Waals surface area contributed by atoms with Gasteiger partial charge in [0.1, 0.15) is 0 Å². The Kier molecular flexibility index (Phi) is 5.11. The predicted molar refractivity (Wildman–Crippen MR) is 82.4 cm³/mol. The maximum Gasteiger partial charge on any atom is 0.293 e. The monoisotopic (exact) mass is 287 g/mol. The number of anilines is 1. The Hall–Kier alpha value is -2.14. The van der Waals surface area contributed by atoms with Gasteiger partial charge in [0.05, 0.1) is 5.69 Å². The van der Waals surface area contributed by atoms with Crippen LogP contribution < -0.4 is 10.6 Å². The number of benzene rings is 1. The number of hydrogen-bond donors (Lipinski definition) is 2. The quantitative estimate of drug-likeness (QED) is 0.801. The summed E-state index contributed by atoms with van der Waals surface area (Å²) in [4.78, 5) is 16.2. The molecule has 5 nitrogen and oxygen atoms in total. The topological polar surface area (TPSA) is 67.2 Å². The van der Waals surface area contributed by atoms with Crippen molar-refractivity contribution in [3.8, 4) is 0 Å². The van der Waals surface area contributed by atoms with Gasteiger partial charge in [0.15, 0.2) is 5.89 Å². The van der Waals surface area contributed by atoms with E-state index >= 15 is 0 Å². The van der Waals surface area contributed by atoms with Crippen LogP contribution in [0.25, 0.3) is 0 Å². The van der Waals surface area contributed by atoms with Gasteiger partial charge in [0.2, 0.25) is 5.76 Å². The van der Waals surface area contributed by atoms with Crippen molar-refractivity contribution in [3.05, 3.63) is 47.2 Å². The van der Waals surface area contributed by atoms with Crippen LogP contribution >= 0.6 is 0 Å². The third kappa shape index (κ3) is 4.16. The first-order valence-electron chi connectivity index (χ1n) is 7.15. The molecule has 1 heterocycles. The zero-order valence-electron chi connectivity index (χ0n) is 12.7. The summed E-state index contributed by atoms with van der Waals surface area (Å²) in [5.41, 5.74) is 2.53. The summed E-state index contributed by atoms with van der Waals surface area (Å²) < 4.78 is 5.30. The smallest absolute Gasteiger partial charge is 0.293 e. The molecule has 0 saturated carbocycles. The van der Waals surface area contributed by atoms with E-state index in [-0.39, 0.29) is 11.7 Å². The first kappa shape index (κ1) is 15.3. The molecular weight excluding hydrogens is 266 g/mol. The molecule has 112 valence electrons. The van der Waals surface area contributed by atoms with Crippen LogP contribution in [0.15, 0.2) is 28.7 Å². The molecule has 0 saturated heterocycles. The molecule has 5 heteroatoms. The number of rotatable bonds is 6. The van der Waals surface area contributed by atoms with Gasteiger partial charge >= 0.3 is 0 Å². The summed E-state index contributed by atoms with van der Waals surface area (Å²) in [6, 6.07) is 7.77. The van der Waals surface area contributed by atoms with E-state index in [1.165, 1.54) is 5.56 Å². The predicted octanol–water partition coefficient (Wildman–Crippen LogP) is 3.04. The normalized spacial score (nSPS) is 10.6. The number of nitrogens with one attached hydrogen (secondary N) is 2. The molecule has 0 spiro atoms. The van der Waals surface area contributed by atoms with E-state index in [0.717, 1.165) is 25.2 Å². The number of aryl methyl sites for hydroxylation is 2. The number of aromatic nitrogens is 1. The van der Waals surface area contributed by atoms with Crippen molar-refractivity contribution in [2.45, 2.75) is 33.7 Å². The van der Waals surface area contributed by atoms with Crippen LogP contribution in [0.5, 0.6) is 0 Å². The lowest BCUT2D eigenvalue weighted by Crippen LogP contribution is -2.14. The van der Waals surface area contributed by atoms with Crippen molar-refractivity contribution >= 4 is 11.6 Å². The lowest BCUT2D eigenvalue weighted by Gasteiger charge is -2.06. The van der Waals surface area contributed by atoms with Crippen molar-refractivity contribution in [2.24, 2.45) is 0 Å². The molecule has 1 aromatic heterocycles. The molecule has 0 fully saturated rings.